The molecule has 1 aliphatic rings. The SMILES string of the molecule is Cc1nc(CC(C)C)sc1C(=O)N1CCCC(C(=O)Nc2ccc(Cl)cn2)C1. The zero-order chi connectivity index (χ0) is 20.3. The van der Waals surface area contributed by atoms with Crippen LogP contribution in [0.2, 0.25) is 5.02 Å². The molecule has 0 bridgehead atoms. The van der Waals surface area contributed by atoms with Crippen LogP contribution < -0.4 is 5.32 Å². The number of likely N-dealkylation sites (tertiary alicyclic amines) is 1. The van der Waals surface area contributed by atoms with E-state index < -0.39 is 0 Å². The quantitative estimate of drug-likeness (QED) is 0.786. The van der Waals surface area contributed by atoms with Gasteiger partial charge >= 0.3 is 0 Å². The van der Waals surface area contributed by atoms with E-state index in [0.29, 0.717) is 34.7 Å². The Bertz CT molecular complexity index is 850. The molecule has 150 valence electrons. The number of halogens is 1. The number of thiazole rings is 1. The third-order valence-corrected chi connectivity index (χ3v) is 6.07. The molecule has 0 spiro atoms. The molecular weight excluding hydrogens is 396 g/mol. The average Bonchev–Trinajstić information content (AvgIpc) is 3.02. The van der Waals surface area contributed by atoms with Crippen LogP contribution in [0, 0.1) is 18.8 Å². The van der Waals surface area contributed by atoms with Gasteiger partial charge in [0.15, 0.2) is 0 Å². The van der Waals surface area contributed by atoms with E-state index in [2.05, 4.69) is 29.1 Å². The van der Waals surface area contributed by atoms with Crippen LogP contribution in [-0.4, -0.2) is 39.8 Å². The lowest BCUT2D eigenvalue weighted by Gasteiger charge is -2.31. The third-order valence-electron chi connectivity index (χ3n) is 4.68. The molecule has 3 rings (SSSR count). The third kappa shape index (κ3) is 5.08. The maximum Gasteiger partial charge on any atom is 0.265 e. The van der Waals surface area contributed by atoms with Crippen molar-refractivity contribution in [1.29, 1.82) is 0 Å². The van der Waals surface area contributed by atoms with Crippen LogP contribution in [0.15, 0.2) is 18.3 Å². The molecule has 1 fully saturated rings. The van der Waals surface area contributed by atoms with Gasteiger partial charge in [-0.3, -0.25) is 9.59 Å². The molecule has 3 heterocycles. The summed E-state index contributed by atoms with van der Waals surface area (Å²) in [5.74, 6) is 0.576. The highest BCUT2D eigenvalue weighted by Crippen LogP contribution is 2.26. The van der Waals surface area contributed by atoms with E-state index in [-0.39, 0.29) is 17.7 Å². The van der Waals surface area contributed by atoms with E-state index >= 15 is 0 Å². The lowest BCUT2D eigenvalue weighted by molar-refractivity contribution is -0.121. The Kier molecular flexibility index (Phi) is 6.67. The first kappa shape index (κ1) is 20.7. The topological polar surface area (TPSA) is 75.2 Å². The maximum atomic E-state index is 13.0. The number of pyridine rings is 1. The van der Waals surface area contributed by atoms with Gasteiger partial charge in [-0.25, -0.2) is 9.97 Å². The predicted octanol–water partition coefficient (Wildman–Crippen LogP) is 4.19. The molecule has 1 saturated heterocycles. The summed E-state index contributed by atoms with van der Waals surface area (Å²) < 4.78 is 0. The van der Waals surface area contributed by atoms with Crippen molar-refractivity contribution in [2.24, 2.45) is 11.8 Å². The fourth-order valence-corrected chi connectivity index (χ4v) is 4.64. The number of nitrogens with zero attached hydrogens (tertiary/aromatic N) is 3. The number of rotatable bonds is 5. The van der Waals surface area contributed by atoms with Crippen LogP contribution in [0.25, 0.3) is 0 Å². The Morgan fingerprint density at radius 3 is 2.86 bits per heavy atom. The van der Waals surface area contributed by atoms with Crippen molar-refractivity contribution in [2.75, 3.05) is 18.4 Å². The molecule has 28 heavy (non-hydrogen) atoms. The number of carbonyl (C=O) groups excluding carboxylic acids is 2. The highest BCUT2D eigenvalue weighted by Gasteiger charge is 2.30. The minimum atomic E-state index is -0.251. The molecule has 0 radical (unpaired) electrons. The van der Waals surface area contributed by atoms with Crippen LogP contribution in [0.1, 0.15) is 47.1 Å². The molecule has 0 aromatic carbocycles. The molecule has 1 atom stereocenters. The van der Waals surface area contributed by atoms with Crippen molar-refractivity contribution in [3.05, 3.63) is 38.9 Å². The molecule has 2 aromatic heterocycles. The Labute approximate surface area is 174 Å². The van der Waals surface area contributed by atoms with Gasteiger partial charge in [-0.15, -0.1) is 11.3 Å². The van der Waals surface area contributed by atoms with Crippen molar-refractivity contribution in [3.8, 4) is 0 Å². The van der Waals surface area contributed by atoms with E-state index in [1.54, 1.807) is 17.0 Å². The molecular formula is C20H25ClN4O2S. The van der Waals surface area contributed by atoms with Gasteiger partial charge in [-0.1, -0.05) is 25.4 Å². The van der Waals surface area contributed by atoms with Crippen LogP contribution in [0.4, 0.5) is 5.82 Å². The predicted molar refractivity (Wildman–Crippen MR) is 112 cm³/mol. The summed E-state index contributed by atoms with van der Waals surface area (Å²) in [4.78, 5) is 36.8. The van der Waals surface area contributed by atoms with Crippen molar-refractivity contribution < 1.29 is 9.59 Å². The van der Waals surface area contributed by atoms with Crippen LogP contribution in [0.5, 0.6) is 0 Å². The molecule has 0 aliphatic carbocycles. The van der Waals surface area contributed by atoms with Gasteiger partial charge in [0.2, 0.25) is 5.91 Å². The van der Waals surface area contributed by atoms with Gasteiger partial charge in [-0.05, 0) is 37.8 Å². The van der Waals surface area contributed by atoms with E-state index in [4.69, 9.17) is 11.6 Å². The minimum absolute atomic E-state index is 0.0212. The number of anilines is 1. The molecule has 6 nitrogen and oxygen atoms in total. The molecule has 2 aromatic rings. The Balaban J connectivity index is 1.65. The van der Waals surface area contributed by atoms with Gasteiger partial charge in [0, 0.05) is 25.7 Å². The maximum absolute atomic E-state index is 13.0. The number of hydrogen-bond donors (Lipinski definition) is 1. The number of aromatic nitrogens is 2. The van der Waals surface area contributed by atoms with Crippen LogP contribution >= 0.6 is 22.9 Å². The summed E-state index contributed by atoms with van der Waals surface area (Å²) in [5, 5.41) is 4.33. The first-order valence-corrected chi connectivity index (χ1v) is 10.7. The van der Waals surface area contributed by atoms with E-state index in [9.17, 15) is 9.59 Å². The summed E-state index contributed by atoms with van der Waals surface area (Å²) >= 11 is 7.31. The second-order valence-corrected chi connectivity index (χ2v) is 9.08. The van der Waals surface area contributed by atoms with E-state index in [1.165, 1.54) is 17.5 Å². The number of piperidine rings is 1. The molecule has 2 amide bonds. The summed E-state index contributed by atoms with van der Waals surface area (Å²) in [7, 11) is 0. The lowest BCUT2D eigenvalue weighted by Crippen LogP contribution is -2.43. The van der Waals surface area contributed by atoms with Gasteiger partial charge in [0.1, 0.15) is 10.7 Å². The molecule has 8 heteroatoms. The Morgan fingerprint density at radius 2 is 2.18 bits per heavy atom. The Hall–Kier alpha value is -1.99. The van der Waals surface area contributed by atoms with Crippen molar-refractivity contribution >= 4 is 40.6 Å². The van der Waals surface area contributed by atoms with Crippen LogP contribution in [-0.2, 0) is 11.2 Å². The fraction of sp³-hybridized carbons (Fsp3) is 0.500. The van der Waals surface area contributed by atoms with Crippen molar-refractivity contribution in [3.63, 3.8) is 0 Å². The second-order valence-electron chi connectivity index (χ2n) is 7.56. The summed E-state index contributed by atoms with van der Waals surface area (Å²) in [5.41, 5.74) is 0.780. The number of nitrogens with one attached hydrogen (secondary N) is 1. The largest absolute Gasteiger partial charge is 0.337 e. The molecule has 1 unspecified atom stereocenters. The lowest BCUT2D eigenvalue weighted by atomic mass is 9.97. The average molecular weight is 421 g/mol. The molecule has 0 saturated carbocycles. The fourth-order valence-electron chi connectivity index (χ4n) is 3.28. The first-order valence-electron chi connectivity index (χ1n) is 9.51. The summed E-state index contributed by atoms with van der Waals surface area (Å²) in [6.45, 7) is 7.24. The number of aryl methyl sites for hydroxylation is 1. The van der Waals surface area contributed by atoms with Gasteiger partial charge in [0.25, 0.3) is 5.91 Å². The summed E-state index contributed by atoms with van der Waals surface area (Å²) in [6, 6.07) is 3.35. The zero-order valence-electron chi connectivity index (χ0n) is 16.4. The van der Waals surface area contributed by atoms with E-state index in [1.807, 2.05) is 6.92 Å². The summed E-state index contributed by atoms with van der Waals surface area (Å²) in [6.07, 6.45) is 3.92. The van der Waals surface area contributed by atoms with Gasteiger partial charge in [0.05, 0.1) is 21.6 Å². The monoisotopic (exact) mass is 420 g/mol. The molecule has 1 N–H and O–H groups in total. The highest BCUT2D eigenvalue weighted by atomic mass is 35.5. The standard InChI is InChI=1S/C20H25ClN4O2S/c1-12(2)9-17-23-13(3)18(28-17)20(27)25-8-4-5-14(11-25)19(26)24-16-7-6-15(21)10-22-16/h6-7,10,12,14H,4-5,8-9,11H2,1-3H3,(H,22,24,26). The highest BCUT2D eigenvalue weighted by molar-refractivity contribution is 7.13. The first-order chi connectivity index (χ1) is 13.3. The second kappa shape index (κ2) is 9.01. The number of carbonyl (C=O) groups is 2. The minimum Gasteiger partial charge on any atom is -0.337 e. The number of hydrogen-bond acceptors (Lipinski definition) is 5. The Morgan fingerprint density at radius 1 is 1.39 bits per heavy atom. The van der Waals surface area contributed by atoms with Crippen molar-refractivity contribution in [1.82, 2.24) is 14.9 Å². The van der Waals surface area contributed by atoms with Crippen LogP contribution in [0.3, 0.4) is 0 Å². The number of amides is 2. The van der Waals surface area contributed by atoms with E-state index in [0.717, 1.165) is 30.0 Å². The van der Waals surface area contributed by atoms with Gasteiger partial charge in [-0.2, -0.15) is 0 Å². The normalized spacial score (nSPS) is 17.0. The van der Waals surface area contributed by atoms with Gasteiger partial charge < -0.3 is 10.2 Å². The zero-order valence-corrected chi connectivity index (χ0v) is 17.9. The smallest absolute Gasteiger partial charge is 0.265 e. The molecule has 1 aliphatic heterocycles. The van der Waals surface area contributed by atoms with Crippen molar-refractivity contribution in [2.45, 2.75) is 40.0 Å².